The second kappa shape index (κ2) is 11.9. The van der Waals surface area contributed by atoms with Gasteiger partial charge in [-0.15, -0.1) is 0 Å². The highest BCUT2D eigenvalue weighted by molar-refractivity contribution is 7.92. The maximum absolute atomic E-state index is 13.2. The molecule has 3 rings (SSSR count). The SMILES string of the molecule is COc1cc(C)c(S(=O)(=O)C(C)CCCCC(=O)N2CCN(C3CCN(C)CC3)CC2)c(C)c1. The van der Waals surface area contributed by atoms with Crippen molar-refractivity contribution in [3.05, 3.63) is 23.3 Å². The van der Waals surface area contributed by atoms with Crippen LogP contribution in [0.5, 0.6) is 5.75 Å². The zero-order valence-electron chi connectivity index (χ0n) is 21.7. The standard InChI is InChI=1S/C26H43N3O4S/c1-20-18-24(33-5)19-21(2)26(20)34(31,32)22(3)8-6-7-9-25(30)29-16-14-28(15-17-29)23-10-12-27(4)13-11-23/h18-19,22-23H,6-17H2,1-5H3. The van der Waals surface area contributed by atoms with Gasteiger partial charge in [0.05, 0.1) is 17.3 Å². The first-order valence-electron chi connectivity index (χ1n) is 12.7. The molecule has 0 aromatic heterocycles. The van der Waals surface area contributed by atoms with E-state index < -0.39 is 15.1 Å². The monoisotopic (exact) mass is 493 g/mol. The van der Waals surface area contributed by atoms with Crippen LogP contribution >= 0.6 is 0 Å². The summed E-state index contributed by atoms with van der Waals surface area (Å²) in [5, 5.41) is -0.480. The summed E-state index contributed by atoms with van der Waals surface area (Å²) < 4.78 is 31.7. The molecule has 1 aromatic carbocycles. The maximum Gasteiger partial charge on any atom is 0.222 e. The third-order valence-corrected chi connectivity index (χ3v) is 10.1. The summed E-state index contributed by atoms with van der Waals surface area (Å²) in [7, 11) is 0.344. The van der Waals surface area contributed by atoms with Crippen molar-refractivity contribution in [3.63, 3.8) is 0 Å². The first-order chi connectivity index (χ1) is 16.1. The molecule has 1 aromatic rings. The van der Waals surface area contributed by atoms with Gasteiger partial charge in [0.2, 0.25) is 5.91 Å². The Morgan fingerprint density at radius 2 is 1.62 bits per heavy atom. The van der Waals surface area contributed by atoms with E-state index in [-0.39, 0.29) is 5.91 Å². The number of benzene rings is 1. The number of hydrogen-bond acceptors (Lipinski definition) is 6. The largest absolute Gasteiger partial charge is 0.497 e. The fourth-order valence-electron chi connectivity index (χ4n) is 5.40. The number of carbonyl (C=O) groups is 1. The third kappa shape index (κ3) is 6.52. The molecule has 8 heteroatoms. The maximum atomic E-state index is 13.2. The normalized spacial score (nSPS) is 19.9. The average Bonchev–Trinajstić information content (AvgIpc) is 2.81. The van der Waals surface area contributed by atoms with Gasteiger partial charge >= 0.3 is 0 Å². The van der Waals surface area contributed by atoms with E-state index in [9.17, 15) is 13.2 Å². The van der Waals surface area contributed by atoms with Crippen molar-refractivity contribution < 1.29 is 17.9 Å². The van der Waals surface area contributed by atoms with Crippen molar-refractivity contribution in [2.75, 3.05) is 53.4 Å². The zero-order valence-corrected chi connectivity index (χ0v) is 22.5. The van der Waals surface area contributed by atoms with Crippen LogP contribution in [0.4, 0.5) is 0 Å². The molecule has 0 bridgehead atoms. The van der Waals surface area contributed by atoms with Crippen molar-refractivity contribution in [2.45, 2.75) is 75.5 Å². The van der Waals surface area contributed by atoms with Crippen LogP contribution in [0, 0.1) is 13.8 Å². The summed E-state index contributed by atoms with van der Waals surface area (Å²) in [6.45, 7) is 11.3. The van der Waals surface area contributed by atoms with Crippen LogP contribution in [0.25, 0.3) is 0 Å². The van der Waals surface area contributed by atoms with Gasteiger partial charge in [0.25, 0.3) is 0 Å². The molecule has 34 heavy (non-hydrogen) atoms. The number of carbonyl (C=O) groups excluding carboxylic acids is 1. The molecule has 0 N–H and O–H groups in total. The van der Waals surface area contributed by atoms with Crippen LogP contribution in [0.1, 0.15) is 56.6 Å². The lowest BCUT2D eigenvalue weighted by Gasteiger charge is -2.42. The van der Waals surface area contributed by atoms with E-state index in [2.05, 4.69) is 16.8 Å². The Hall–Kier alpha value is -1.64. The second-order valence-electron chi connectivity index (χ2n) is 10.1. The fraction of sp³-hybridized carbons (Fsp3) is 0.731. The first-order valence-corrected chi connectivity index (χ1v) is 14.3. The number of unbranched alkanes of at least 4 members (excludes halogenated alkanes) is 1. The van der Waals surface area contributed by atoms with Crippen molar-refractivity contribution in [1.82, 2.24) is 14.7 Å². The minimum atomic E-state index is -3.43. The number of rotatable bonds is 9. The summed E-state index contributed by atoms with van der Waals surface area (Å²) in [4.78, 5) is 20.1. The first kappa shape index (κ1) is 27.0. The van der Waals surface area contributed by atoms with E-state index in [0.717, 1.165) is 63.2 Å². The Labute approximate surface area is 206 Å². The Morgan fingerprint density at radius 1 is 1.03 bits per heavy atom. The van der Waals surface area contributed by atoms with Crippen LogP contribution in [0.2, 0.25) is 0 Å². The quantitative estimate of drug-likeness (QED) is 0.492. The predicted molar refractivity (Wildman–Crippen MR) is 136 cm³/mol. The summed E-state index contributed by atoms with van der Waals surface area (Å²) in [5.41, 5.74) is 1.44. The van der Waals surface area contributed by atoms with E-state index >= 15 is 0 Å². The van der Waals surface area contributed by atoms with Gasteiger partial charge in [-0.2, -0.15) is 0 Å². The molecule has 1 atom stereocenters. The number of piperidine rings is 1. The van der Waals surface area contributed by atoms with Gasteiger partial charge in [0.1, 0.15) is 5.75 Å². The number of hydrogen-bond donors (Lipinski definition) is 0. The predicted octanol–water partition coefficient (Wildman–Crippen LogP) is 3.27. The lowest BCUT2D eigenvalue weighted by molar-refractivity contribution is -0.133. The summed E-state index contributed by atoms with van der Waals surface area (Å²) in [5.74, 6) is 0.882. The van der Waals surface area contributed by atoms with Gasteiger partial charge in [-0.25, -0.2) is 8.42 Å². The van der Waals surface area contributed by atoms with Crippen LogP contribution in [0.3, 0.4) is 0 Å². The molecule has 2 saturated heterocycles. The van der Waals surface area contributed by atoms with Crippen molar-refractivity contribution in [2.24, 2.45) is 0 Å². The van der Waals surface area contributed by atoms with Gasteiger partial charge < -0.3 is 14.5 Å². The highest BCUT2D eigenvalue weighted by Gasteiger charge is 2.29. The van der Waals surface area contributed by atoms with Crippen molar-refractivity contribution >= 4 is 15.7 Å². The van der Waals surface area contributed by atoms with Gasteiger partial charge in [-0.3, -0.25) is 9.69 Å². The number of methoxy groups -OCH3 is 1. The Kier molecular flexibility index (Phi) is 9.41. The van der Waals surface area contributed by atoms with Crippen molar-refractivity contribution in [3.8, 4) is 5.75 Å². The summed E-state index contributed by atoms with van der Waals surface area (Å²) in [6.07, 6.45) is 4.97. The number of aryl methyl sites for hydroxylation is 2. The molecular weight excluding hydrogens is 450 g/mol. The van der Waals surface area contributed by atoms with E-state index in [1.165, 1.54) is 12.8 Å². The van der Waals surface area contributed by atoms with Gasteiger partial charge in [-0.1, -0.05) is 6.42 Å². The Morgan fingerprint density at radius 3 is 2.18 bits per heavy atom. The number of ether oxygens (including phenoxy) is 1. The van der Waals surface area contributed by atoms with Crippen molar-refractivity contribution in [1.29, 1.82) is 0 Å². The van der Waals surface area contributed by atoms with E-state index in [4.69, 9.17) is 4.74 Å². The average molecular weight is 494 g/mol. The summed E-state index contributed by atoms with van der Waals surface area (Å²) >= 11 is 0. The molecule has 0 aliphatic carbocycles. The van der Waals surface area contributed by atoms with Crippen LogP contribution in [0.15, 0.2) is 17.0 Å². The number of nitrogens with zero attached hydrogens (tertiary/aromatic N) is 3. The smallest absolute Gasteiger partial charge is 0.222 e. The molecule has 0 spiro atoms. The minimum absolute atomic E-state index is 0.209. The lowest BCUT2D eigenvalue weighted by atomic mass is 10.0. The number of likely N-dealkylation sites (tertiary alicyclic amines) is 1. The number of piperazine rings is 1. The molecule has 7 nitrogen and oxygen atoms in total. The molecule has 1 amide bonds. The number of sulfone groups is 1. The third-order valence-electron chi connectivity index (χ3n) is 7.61. The molecule has 0 saturated carbocycles. The Balaban J connectivity index is 1.42. The molecular formula is C26H43N3O4S. The van der Waals surface area contributed by atoms with Gasteiger partial charge in [0, 0.05) is 38.6 Å². The fourth-order valence-corrected chi connectivity index (χ4v) is 7.29. The molecule has 0 radical (unpaired) electrons. The van der Waals surface area contributed by atoms with Crippen LogP contribution in [-0.4, -0.2) is 93.7 Å². The summed E-state index contributed by atoms with van der Waals surface area (Å²) in [6, 6.07) is 4.21. The number of amides is 1. The molecule has 192 valence electrons. The second-order valence-corrected chi connectivity index (χ2v) is 12.4. The molecule has 2 fully saturated rings. The minimum Gasteiger partial charge on any atom is -0.497 e. The highest BCUT2D eigenvalue weighted by Crippen LogP contribution is 2.30. The van der Waals surface area contributed by atoms with Crippen LogP contribution in [-0.2, 0) is 14.6 Å². The lowest BCUT2D eigenvalue weighted by Crippen LogP contribution is -2.54. The van der Waals surface area contributed by atoms with Gasteiger partial charge in [-0.05, 0) is 89.9 Å². The Bertz CT molecular complexity index is 910. The zero-order chi connectivity index (χ0) is 24.9. The van der Waals surface area contributed by atoms with E-state index in [1.54, 1.807) is 26.2 Å². The molecule has 2 heterocycles. The molecule has 2 aliphatic rings. The topological polar surface area (TPSA) is 70.2 Å². The molecule has 2 aliphatic heterocycles. The molecule has 1 unspecified atom stereocenters. The van der Waals surface area contributed by atoms with E-state index in [1.807, 2.05) is 18.7 Å². The highest BCUT2D eigenvalue weighted by atomic mass is 32.2. The van der Waals surface area contributed by atoms with Crippen LogP contribution < -0.4 is 4.74 Å². The van der Waals surface area contributed by atoms with Gasteiger partial charge in [0.15, 0.2) is 9.84 Å². The van der Waals surface area contributed by atoms with E-state index in [0.29, 0.717) is 29.5 Å².